The molecule has 1 fully saturated rings. The van der Waals surface area contributed by atoms with Crippen LogP contribution >= 0.6 is 11.3 Å². The molecule has 1 aromatic heterocycles. The SMILES string of the molecule is CCNC(=NCc1ncc(CC)s1)NC1CCN(C(C)c2ccccc2)CC1. The normalized spacial score (nSPS) is 17.5. The third kappa shape index (κ3) is 5.79. The van der Waals surface area contributed by atoms with Gasteiger partial charge in [0.1, 0.15) is 5.01 Å². The molecule has 3 rings (SSSR count). The summed E-state index contributed by atoms with van der Waals surface area (Å²) >= 11 is 1.76. The Balaban J connectivity index is 1.51. The van der Waals surface area contributed by atoms with E-state index in [9.17, 15) is 0 Å². The molecular formula is C22H33N5S. The molecule has 1 saturated heterocycles. The Morgan fingerprint density at radius 2 is 2.00 bits per heavy atom. The van der Waals surface area contributed by atoms with Crippen molar-refractivity contribution in [1.82, 2.24) is 20.5 Å². The summed E-state index contributed by atoms with van der Waals surface area (Å²) in [7, 11) is 0. The zero-order chi connectivity index (χ0) is 19.8. The van der Waals surface area contributed by atoms with Gasteiger partial charge >= 0.3 is 0 Å². The lowest BCUT2D eigenvalue weighted by Crippen LogP contribution is -2.49. The van der Waals surface area contributed by atoms with E-state index in [4.69, 9.17) is 4.99 Å². The maximum atomic E-state index is 4.76. The first-order valence-corrected chi connectivity index (χ1v) is 11.3. The molecule has 2 heterocycles. The van der Waals surface area contributed by atoms with Gasteiger partial charge in [0.2, 0.25) is 0 Å². The number of aromatic nitrogens is 1. The number of likely N-dealkylation sites (tertiary alicyclic amines) is 1. The monoisotopic (exact) mass is 399 g/mol. The molecule has 1 aliphatic rings. The molecule has 0 aliphatic carbocycles. The molecule has 0 spiro atoms. The fraction of sp³-hybridized carbons (Fsp3) is 0.545. The van der Waals surface area contributed by atoms with E-state index in [2.05, 4.69) is 71.6 Å². The number of nitrogens with zero attached hydrogens (tertiary/aromatic N) is 3. The average molecular weight is 400 g/mol. The molecule has 1 aromatic carbocycles. The van der Waals surface area contributed by atoms with Crippen molar-refractivity contribution in [2.75, 3.05) is 19.6 Å². The number of aliphatic imine (C=N–C) groups is 1. The number of aryl methyl sites for hydroxylation is 1. The molecule has 28 heavy (non-hydrogen) atoms. The standard InChI is InChI=1S/C22H33N5S/c1-4-20-15-24-21(28-20)16-25-22(23-5-2)26-19-11-13-27(14-12-19)17(3)18-9-7-6-8-10-18/h6-10,15,17,19H,4-5,11-14,16H2,1-3H3,(H2,23,25,26). The van der Waals surface area contributed by atoms with Crippen molar-refractivity contribution >= 4 is 17.3 Å². The molecule has 2 N–H and O–H groups in total. The number of thiazole rings is 1. The average Bonchev–Trinajstić information content (AvgIpc) is 3.21. The van der Waals surface area contributed by atoms with Crippen molar-refractivity contribution in [2.24, 2.45) is 4.99 Å². The van der Waals surface area contributed by atoms with E-state index in [0.29, 0.717) is 18.6 Å². The van der Waals surface area contributed by atoms with Crippen LogP contribution in [0.15, 0.2) is 41.5 Å². The molecule has 6 heteroatoms. The Morgan fingerprint density at radius 3 is 2.64 bits per heavy atom. The minimum atomic E-state index is 0.472. The Bertz CT molecular complexity index is 734. The predicted molar refractivity (Wildman–Crippen MR) is 119 cm³/mol. The lowest BCUT2D eigenvalue weighted by atomic mass is 10.0. The maximum absolute atomic E-state index is 4.76. The molecule has 0 bridgehead atoms. The number of hydrogen-bond acceptors (Lipinski definition) is 4. The van der Waals surface area contributed by atoms with Crippen LogP contribution in [-0.2, 0) is 13.0 Å². The Labute approximate surface area is 173 Å². The minimum Gasteiger partial charge on any atom is -0.357 e. The molecule has 5 nitrogen and oxygen atoms in total. The predicted octanol–water partition coefficient (Wildman–Crippen LogP) is 3.99. The van der Waals surface area contributed by atoms with E-state index in [0.717, 1.165) is 49.9 Å². The fourth-order valence-corrected chi connectivity index (χ4v) is 4.41. The van der Waals surface area contributed by atoms with Crippen LogP contribution < -0.4 is 10.6 Å². The third-order valence-electron chi connectivity index (χ3n) is 5.37. The highest BCUT2D eigenvalue weighted by molar-refractivity contribution is 7.11. The molecule has 2 aromatic rings. The molecule has 0 radical (unpaired) electrons. The van der Waals surface area contributed by atoms with Crippen LogP contribution in [0.4, 0.5) is 0 Å². The first kappa shape index (κ1) is 20.8. The zero-order valence-electron chi connectivity index (χ0n) is 17.3. The second-order valence-electron chi connectivity index (χ2n) is 7.31. The number of hydrogen-bond donors (Lipinski definition) is 2. The van der Waals surface area contributed by atoms with Gasteiger partial charge in [-0.05, 0) is 38.7 Å². The molecule has 152 valence electrons. The van der Waals surface area contributed by atoms with Gasteiger partial charge in [-0.15, -0.1) is 11.3 Å². The fourth-order valence-electron chi connectivity index (χ4n) is 3.62. The summed E-state index contributed by atoms with van der Waals surface area (Å²) in [5.41, 5.74) is 1.40. The van der Waals surface area contributed by atoms with Crippen LogP contribution in [0.25, 0.3) is 0 Å². The number of nitrogens with one attached hydrogen (secondary N) is 2. The minimum absolute atomic E-state index is 0.472. The quantitative estimate of drug-likeness (QED) is 0.546. The van der Waals surface area contributed by atoms with Crippen molar-refractivity contribution in [3.63, 3.8) is 0 Å². The van der Waals surface area contributed by atoms with E-state index in [1.807, 2.05) is 6.20 Å². The molecule has 1 aliphatic heterocycles. The third-order valence-corrected chi connectivity index (χ3v) is 6.49. The lowest BCUT2D eigenvalue weighted by molar-refractivity contribution is 0.158. The number of piperidine rings is 1. The van der Waals surface area contributed by atoms with Crippen LogP contribution in [0.2, 0.25) is 0 Å². The molecule has 0 amide bonds. The van der Waals surface area contributed by atoms with Gasteiger partial charge in [-0.1, -0.05) is 37.3 Å². The van der Waals surface area contributed by atoms with Gasteiger partial charge in [0.25, 0.3) is 0 Å². The summed E-state index contributed by atoms with van der Waals surface area (Å²) in [6, 6.07) is 11.8. The molecule has 1 unspecified atom stereocenters. The highest BCUT2D eigenvalue weighted by Gasteiger charge is 2.24. The van der Waals surface area contributed by atoms with Gasteiger partial charge in [0, 0.05) is 42.8 Å². The summed E-state index contributed by atoms with van der Waals surface area (Å²) in [5.74, 6) is 0.908. The highest BCUT2D eigenvalue weighted by Crippen LogP contribution is 2.24. The highest BCUT2D eigenvalue weighted by atomic mass is 32.1. The number of benzene rings is 1. The van der Waals surface area contributed by atoms with Crippen LogP contribution in [0.3, 0.4) is 0 Å². The van der Waals surface area contributed by atoms with Gasteiger partial charge in [-0.3, -0.25) is 4.90 Å². The van der Waals surface area contributed by atoms with E-state index in [-0.39, 0.29) is 0 Å². The topological polar surface area (TPSA) is 52.6 Å². The summed E-state index contributed by atoms with van der Waals surface area (Å²) in [6.45, 7) is 10.3. The number of rotatable bonds is 7. The van der Waals surface area contributed by atoms with Crippen molar-refractivity contribution < 1.29 is 0 Å². The van der Waals surface area contributed by atoms with Gasteiger partial charge in [0.05, 0.1) is 6.54 Å². The maximum Gasteiger partial charge on any atom is 0.191 e. The van der Waals surface area contributed by atoms with Gasteiger partial charge in [-0.2, -0.15) is 0 Å². The van der Waals surface area contributed by atoms with Crippen molar-refractivity contribution in [2.45, 2.75) is 58.7 Å². The molecule has 0 saturated carbocycles. The Hall–Kier alpha value is -1.92. The van der Waals surface area contributed by atoms with Crippen molar-refractivity contribution in [3.8, 4) is 0 Å². The van der Waals surface area contributed by atoms with Crippen LogP contribution in [-0.4, -0.2) is 41.5 Å². The van der Waals surface area contributed by atoms with Crippen LogP contribution in [0.5, 0.6) is 0 Å². The first-order chi connectivity index (χ1) is 13.7. The lowest BCUT2D eigenvalue weighted by Gasteiger charge is -2.37. The van der Waals surface area contributed by atoms with Gasteiger partial charge in [0.15, 0.2) is 5.96 Å². The second kappa shape index (κ2) is 10.6. The number of guanidine groups is 1. The van der Waals surface area contributed by atoms with Crippen molar-refractivity contribution in [1.29, 1.82) is 0 Å². The Morgan fingerprint density at radius 1 is 1.25 bits per heavy atom. The van der Waals surface area contributed by atoms with E-state index >= 15 is 0 Å². The second-order valence-corrected chi connectivity index (χ2v) is 8.51. The summed E-state index contributed by atoms with van der Waals surface area (Å²) in [6.07, 6.45) is 5.29. The smallest absolute Gasteiger partial charge is 0.191 e. The largest absolute Gasteiger partial charge is 0.357 e. The van der Waals surface area contributed by atoms with E-state index in [1.165, 1.54) is 10.4 Å². The van der Waals surface area contributed by atoms with Crippen molar-refractivity contribution in [3.05, 3.63) is 52.0 Å². The van der Waals surface area contributed by atoms with Crippen LogP contribution in [0, 0.1) is 0 Å². The molecular weight excluding hydrogens is 366 g/mol. The molecule has 1 atom stereocenters. The van der Waals surface area contributed by atoms with E-state index in [1.54, 1.807) is 11.3 Å². The Kier molecular flexibility index (Phi) is 7.86. The summed E-state index contributed by atoms with van der Waals surface area (Å²) in [5, 5.41) is 8.10. The van der Waals surface area contributed by atoms with Gasteiger partial charge in [-0.25, -0.2) is 9.98 Å². The zero-order valence-corrected chi connectivity index (χ0v) is 18.1. The first-order valence-electron chi connectivity index (χ1n) is 10.5. The summed E-state index contributed by atoms with van der Waals surface area (Å²) < 4.78 is 0. The van der Waals surface area contributed by atoms with Gasteiger partial charge < -0.3 is 10.6 Å². The van der Waals surface area contributed by atoms with E-state index < -0.39 is 0 Å². The van der Waals surface area contributed by atoms with Crippen LogP contribution in [0.1, 0.15) is 55.1 Å². The summed E-state index contributed by atoms with van der Waals surface area (Å²) in [4.78, 5) is 13.1.